The van der Waals surface area contributed by atoms with E-state index in [1.807, 2.05) is 23.9 Å². The van der Waals surface area contributed by atoms with Crippen molar-refractivity contribution in [3.8, 4) is 0 Å². The summed E-state index contributed by atoms with van der Waals surface area (Å²) in [6, 6.07) is 8.18. The molecule has 0 unspecified atom stereocenters. The normalized spacial score (nSPS) is 23.2. The number of amides is 1. The molecular formula is C15H22N2OS. The molecule has 1 aliphatic carbocycles. The third-order valence-electron chi connectivity index (χ3n) is 3.84. The molecule has 1 saturated carbocycles. The first kappa shape index (κ1) is 14.4. The lowest BCUT2D eigenvalue weighted by Gasteiger charge is -2.28. The number of hydrogen-bond acceptors (Lipinski definition) is 3. The second kappa shape index (κ2) is 6.96. The molecule has 19 heavy (non-hydrogen) atoms. The molecule has 0 saturated heterocycles. The second-order valence-corrected chi connectivity index (χ2v) is 6.29. The van der Waals surface area contributed by atoms with Gasteiger partial charge in [-0.05, 0) is 49.6 Å². The van der Waals surface area contributed by atoms with Crippen molar-refractivity contribution < 1.29 is 4.79 Å². The van der Waals surface area contributed by atoms with Gasteiger partial charge in [-0.25, -0.2) is 0 Å². The molecule has 104 valence electrons. The van der Waals surface area contributed by atoms with Crippen LogP contribution in [-0.4, -0.2) is 23.5 Å². The predicted molar refractivity (Wildman–Crippen MR) is 81.4 cm³/mol. The van der Waals surface area contributed by atoms with E-state index in [2.05, 4.69) is 11.6 Å². The number of thioether (sulfide) groups is 1. The summed E-state index contributed by atoms with van der Waals surface area (Å²) in [4.78, 5) is 11.0. The van der Waals surface area contributed by atoms with E-state index in [9.17, 15) is 4.79 Å². The fraction of sp³-hybridized carbons (Fsp3) is 0.533. The maximum atomic E-state index is 11.0. The quantitative estimate of drug-likeness (QED) is 0.870. The zero-order chi connectivity index (χ0) is 13.7. The molecule has 0 spiro atoms. The van der Waals surface area contributed by atoms with Crippen LogP contribution in [0.15, 0.2) is 24.3 Å². The minimum absolute atomic E-state index is 0.366. The molecule has 1 amide bonds. The lowest BCUT2D eigenvalue weighted by molar-refractivity contribution is 0.100. The topological polar surface area (TPSA) is 55.1 Å². The van der Waals surface area contributed by atoms with Gasteiger partial charge in [-0.1, -0.05) is 12.1 Å². The van der Waals surface area contributed by atoms with Crippen molar-refractivity contribution in [2.45, 2.75) is 43.5 Å². The second-order valence-electron chi connectivity index (χ2n) is 5.15. The first-order valence-corrected chi connectivity index (χ1v) is 8.12. The standard InChI is InChI=1S/C15H22N2OS/c1-19-14-8-6-13(7-9-14)17-10-11-2-4-12(5-3-11)15(16)18/h2-5,13-14,17H,6-10H2,1H3,(H2,16,18). The Bertz CT molecular complexity index is 411. The average Bonchev–Trinajstić information content (AvgIpc) is 2.46. The molecule has 0 atom stereocenters. The molecule has 0 aromatic heterocycles. The van der Waals surface area contributed by atoms with Gasteiger partial charge in [0.25, 0.3) is 0 Å². The molecule has 0 heterocycles. The third kappa shape index (κ3) is 4.25. The molecule has 4 heteroatoms. The largest absolute Gasteiger partial charge is 0.366 e. The average molecular weight is 278 g/mol. The van der Waals surface area contributed by atoms with E-state index in [1.54, 1.807) is 12.1 Å². The van der Waals surface area contributed by atoms with Crippen LogP contribution in [0.25, 0.3) is 0 Å². The van der Waals surface area contributed by atoms with E-state index < -0.39 is 0 Å². The number of carbonyl (C=O) groups excluding carboxylic acids is 1. The van der Waals surface area contributed by atoms with Gasteiger partial charge in [-0.2, -0.15) is 11.8 Å². The predicted octanol–water partition coefficient (Wildman–Crippen LogP) is 2.55. The first-order chi connectivity index (χ1) is 9.19. The van der Waals surface area contributed by atoms with Crippen molar-refractivity contribution >= 4 is 17.7 Å². The van der Waals surface area contributed by atoms with E-state index in [0.717, 1.165) is 11.8 Å². The van der Waals surface area contributed by atoms with Gasteiger partial charge in [0.2, 0.25) is 5.91 Å². The highest BCUT2D eigenvalue weighted by molar-refractivity contribution is 7.99. The number of benzene rings is 1. The van der Waals surface area contributed by atoms with Gasteiger partial charge in [-0.15, -0.1) is 0 Å². The van der Waals surface area contributed by atoms with Crippen LogP contribution in [-0.2, 0) is 6.54 Å². The summed E-state index contributed by atoms with van der Waals surface area (Å²) in [5.74, 6) is -0.366. The number of rotatable bonds is 5. The number of hydrogen-bond donors (Lipinski definition) is 2. The number of nitrogens with two attached hydrogens (primary N) is 1. The lowest BCUT2D eigenvalue weighted by Crippen LogP contribution is -2.33. The summed E-state index contributed by atoms with van der Waals surface area (Å²) in [5.41, 5.74) is 7.00. The van der Waals surface area contributed by atoms with Crippen molar-refractivity contribution in [3.63, 3.8) is 0 Å². The van der Waals surface area contributed by atoms with Crippen LogP contribution < -0.4 is 11.1 Å². The number of nitrogens with one attached hydrogen (secondary N) is 1. The highest BCUT2D eigenvalue weighted by Gasteiger charge is 2.19. The SMILES string of the molecule is CSC1CCC(NCc2ccc(C(N)=O)cc2)CC1. The fourth-order valence-electron chi connectivity index (χ4n) is 2.55. The molecule has 1 aromatic carbocycles. The highest BCUT2D eigenvalue weighted by Crippen LogP contribution is 2.26. The van der Waals surface area contributed by atoms with E-state index in [4.69, 9.17) is 5.73 Å². The fourth-order valence-corrected chi connectivity index (χ4v) is 3.30. The van der Waals surface area contributed by atoms with Crippen LogP contribution in [0.2, 0.25) is 0 Å². The summed E-state index contributed by atoms with van der Waals surface area (Å²) >= 11 is 1.99. The van der Waals surface area contributed by atoms with E-state index >= 15 is 0 Å². The Kier molecular flexibility index (Phi) is 5.28. The van der Waals surface area contributed by atoms with Gasteiger partial charge < -0.3 is 11.1 Å². The Morgan fingerprint density at radius 3 is 2.42 bits per heavy atom. The van der Waals surface area contributed by atoms with Crippen molar-refractivity contribution in [2.75, 3.05) is 6.26 Å². The zero-order valence-electron chi connectivity index (χ0n) is 11.4. The molecular weight excluding hydrogens is 256 g/mol. The van der Waals surface area contributed by atoms with Gasteiger partial charge in [-0.3, -0.25) is 4.79 Å². The molecule has 3 N–H and O–H groups in total. The maximum Gasteiger partial charge on any atom is 0.248 e. The van der Waals surface area contributed by atoms with Crippen LogP contribution in [0.1, 0.15) is 41.6 Å². The van der Waals surface area contributed by atoms with Gasteiger partial charge in [0, 0.05) is 23.4 Å². The lowest BCUT2D eigenvalue weighted by atomic mass is 9.95. The molecule has 0 radical (unpaired) electrons. The van der Waals surface area contributed by atoms with Crippen molar-refractivity contribution in [1.29, 1.82) is 0 Å². The maximum absolute atomic E-state index is 11.0. The number of carbonyl (C=O) groups is 1. The molecule has 1 fully saturated rings. The van der Waals surface area contributed by atoms with Crippen LogP contribution in [0.5, 0.6) is 0 Å². The smallest absolute Gasteiger partial charge is 0.248 e. The van der Waals surface area contributed by atoms with E-state index in [0.29, 0.717) is 11.6 Å². The summed E-state index contributed by atoms with van der Waals surface area (Å²) in [6.07, 6.45) is 7.38. The van der Waals surface area contributed by atoms with Crippen molar-refractivity contribution in [2.24, 2.45) is 5.73 Å². The van der Waals surface area contributed by atoms with Crippen LogP contribution >= 0.6 is 11.8 Å². The Labute approximate surface area is 119 Å². The van der Waals surface area contributed by atoms with E-state index in [-0.39, 0.29) is 5.91 Å². The summed E-state index contributed by atoms with van der Waals surface area (Å²) in [6.45, 7) is 0.869. The summed E-state index contributed by atoms with van der Waals surface area (Å²) in [7, 11) is 0. The molecule has 1 aromatic rings. The first-order valence-electron chi connectivity index (χ1n) is 6.84. The van der Waals surface area contributed by atoms with Crippen LogP contribution in [0, 0.1) is 0 Å². The Morgan fingerprint density at radius 1 is 1.26 bits per heavy atom. The summed E-state index contributed by atoms with van der Waals surface area (Å²) < 4.78 is 0. The minimum atomic E-state index is -0.366. The Hall–Kier alpha value is -1.00. The Morgan fingerprint density at radius 2 is 1.89 bits per heavy atom. The minimum Gasteiger partial charge on any atom is -0.366 e. The summed E-state index contributed by atoms with van der Waals surface area (Å²) in [5, 5.41) is 4.46. The van der Waals surface area contributed by atoms with Crippen LogP contribution in [0.4, 0.5) is 0 Å². The molecule has 0 aliphatic heterocycles. The third-order valence-corrected chi connectivity index (χ3v) is 4.98. The molecule has 1 aliphatic rings. The monoisotopic (exact) mass is 278 g/mol. The van der Waals surface area contributed by atoms with Gasteiger partial charge >= 0.3 is 0 Å². The van der Waals surface area contributed by atoms with Crippen LogP contribution in [0.3, 0.4) is 0 Å². The molecule has 0 bridgehead atoms. The number of primary amides is 1. The van der Waals surface area contributed by atoms with E-state index in [1.165, 1.54) is 31.2 Å². The Balaban J connectivity index is 1.78. The zero-order valence-corrected chi connectivity index (χ0v) is 12.2. The molecule has 2 rings (SSSR count). The van der Waals surface area contributed by atoms with Gasteiger partial charge in [0.15, 0.2) is 0 Å². The highest BCUT2D eigenvalue weighted by atomic mass is 32.2. The van der Waals surface area contributed by atoms with Gasteiger partial charge in [0.05, 0.1) is 0 Å². The molecule has 3 nitrogen and oxygen atoms in total. The van der Waals surface area contributed by atoms with Crippen molar-refractivity contribution in [1.82, 2.24) is 5.32 Å². The van der Waals surface area contributed by atoms with Gasteiger partial charge in [0.1, 0.15) is 0 Å². The van der Waals surface area contributed by atoms with Crippen molar-refractivity contribution in [3.05, 3.63) is 35.4 Å².